The van der Waals surface area contributed by atoms with Gasteiger partial charge in [0.2, 0.25) is 0 Å². The third-order valence-electron chi connectivity index (χ3n) is 0. The smallest absolute Gasteiger partial charge is 0.0675 e. The summed E-state index contributed by atoms with van der Waals surface area (Å²) in [5.74, 6) is 0. The standard InChI is InChI=1S/C4H12N.Fe.H2O4S/c1-5(2,3)4;;1-5(2,3)4/h1-4H3;;(H2,1,2,3,4)/q+1;;/p-2. The minimum absolute atomic E-state index is 0. The Morgan fingerprint density at radius 2 is 1.00 bits per heavy atom. The molecule has 7 heteroatoms. The van der Waals surface area contributed by atoms with Crippen LogP contribution in [-0.2, 0) is 27.5 Å². The fourth-order valence-corrected chi connectivity index (χ4v) is 0. The molecular formula is C4H12FeNO4S-. The molecule has 0 N–H and O–H groups in total. The van der Waals surface area contributed by atoms with E-state index in [-0.39, 0.29) is 17.1 Å². The summed E-state index contributed by atoms with van der Waals surface area (Å²) in [6.45, 7) is 0. The Kier molecular flexibility index (Phi) is 9.40. The van der Waals surface area contributed by atoms with Crippen LogP contribution in [0.4, 0.5) is 0 Å². The average molecular weight is 226 g/mol. The second kappa shape index (κ2) is 5.93. The van der Waals surface area contributed by atoms with Crippen molar-refractivity contribution in [2.24, 2.45) is 0 Å². The molecule has 0 aromatic heterocycles. The van der Waals surface area contributed by atoms with Crippen molar-refractivity contribution in [3.05, 3.63) is 0 Å². The molecule has 0 fully saturated rings. The van der Waals surface area contributed by atoms with Gasteiger partial charge in [-0.15, -0.1) is 0 Å². The van der Waals surface area contributed by atoms with E-state index in [4.69, 9.17) is 17.5 Å². The zero-order valence-corrected chi connectivity index (χ0v) is 8.76. The Bertz CT molecular complexity index is 157. The molecule has 0 unspecified atom stereocenters. The van der Waals surface area contributed by atoms with Crippen LogP contribution in [0.3, 0.4) is 0 Å². The maximum atomic E-state index is 8.52. The Morgan fingerprint density at radius 3 is 1.00 bits per heavy atom. The van der Waals surface area contributed by atoms with E-state index < -0.39 is 10.4 Å². The van der Waals surface area contributed by atoms with Gasteiger partial charge in [-0.05, 0) is 0 Å². The molecule has 0 aliphatic carbocycles. The molecule has 0 aliphatic rings. The third kappa shape index (κ3) is 5910. The predicted octanol–water partition coefficient (Wildman–Crippen LogP) is -1.02. The summed E-state index contributed by atoms with van der Waals surface area (Å²) in [4.78, 5) is 0. The van der Waals surface area contributed by atoms with Crippen molar-refractivity contribution in [2.45, 2.75) is 0 Å². The summed E-state index contributed by atoms with van der Waals surface area (Å²) in [5.41, 5.74) is 0. The van der Waals surface area contributed by atoms with Gasteiger partial charge >= 0.3 is 0 Å². The molecule has 72 valence electrons. The van der Waals surface area contributed by atoms with Crippen LogP contribution in [0.25, 0.3) is 0 Å². The van der Waals surface area contributed by atoms with E-state index in [0.717, 1.165) is 4.48 Å². The van der Waals surface area contributed by atoms with Gasteiger partial charge < -0.3 is 13.6 Å². The normalized spacial score (nSPS) is 10.7. The molecule has 0 saturated carbocycles. The van der Waals surface area contributed by atoms with E-state index in [1.165, 1.54) is 0 Å². The van der Waals surface area contributed by atoms with Crippen LogP contribution in [-0.4, -0.2) is 50.2 Å². The summed E-state index contributed by atoms with van der Waals surface area (Å²) in [5, 5.41) is 0. The Hall–Kier alpha value is 0.349. The number of rotatable bonds is 0. The molecule has 0 heterocycles. The first-order valence-electron chi connectivity index (χ1n) is 2.46. The molecular weight excluding hydrogens is 214 g/mol. The van der Waals surface area contributed by atoms with Gasteiger partial charge in [-0.1, -0.05) is 0 Å². The van der Waals surface area contributed by atoms with Gasteiger partial charge in [-0.3, -0.25) is 8.42 Å². The number of hydrogen-bond donors (Lipinski definition) is 0. The van der Waals surface area contributed by atoms with E-state index in [9.17, 15) is 0 Å². The molecule has 0 spiro atoms. The van der Waals surface area contributed by atoms with Gasteiger partial charge in [0.25, 0.3) is 0 Å². The number of quaternary nitrogens is 1. The Labute approximate surface area is 78.0 Å². The van der Waals surface area contributed by atoms with E-state index in [2.05, 4.69) is 28.2 Å². The molecule has 0 aromatic rings. The van der Waals surface area contributed by atoms with E-state index >= 15 is 0 Å². The van der Waals surface area contributed by atoms with Crippen molar-refractivity contribution in [1.29, 1.82) is 0 Å². The van der Waals surface area contributed by atoms with Gasteiger partial charge in [-0.25, -0.2) is 0 Å². The van der Waals surface area contributed by atoms with Crippen LogP contribution in [0, 0.1) is 0 Å². The topological polar surface area (TPSA) is 80.3 Å². The first kappa shape index (κ1) is 17.4. The summed E-state index contributed by atoms with van der Waals surface area (Å²) >= 11 is 0. The average Bonchev–Trinajstić information content (AvgIpc) is 1.12. The summed E-state index contributed by atoms with van der Waals surface area (Å²) in [6.07, 6.45) is 0. The van der Waals surface area contributed by atoms with Gasteiger partial charge in [0.1, 0.15) is 0 Å². The van der Waals surface area contributed by atoms with E-state index in [1.54, 1.807) is 0 Å². The first-order chi connectivity index (χ1) is 4.00. The minimum Gasteiger partial charge on any atom is -0.759 e. The zero-order valence-electron chi connectivity index (χ0n) is 6.84. The second-order valence-electron chi connectivity index (χ2n) is 3.09. The summed E-state index contributed by atoms with van der Waals surface area (Å²) in [7, 11) is 3.33. The predicted molar refractivity (Wildman–Crippen MR) is 34.4 cm³/mol. The SMILES string of the molecule is C[N+](C)(C)C.O=S(=O)([O-])[O-].[Fe]. The fourth-order valence-electron chi connectivity index (χ4n) is 0. The van der Waals surface area contributed by atoms with Gasteiger partial charge in [-0.2, -0.15) is 0 Å². The maximum absolute atomic E-state index is 8.52. The molecule has 0 saturated heterocycles. The number of hydrogen-bond acceptors (Lipinski definition) is 4. The first-order valence-corrected chi connectivity index (χ1v) is 3.79. The van der Waals surface area contributed by atoms with E-state index in [0.29, 0.717) is 0 Å². The van der Waals surface area contributed by atoms with Crippen LogP contribution in [0.2, 0.25) is 0 Å². The quantitative estimate of drug-likeness (QED) is 0.229. The molecule has 0 radical (unpaired) electrons. The molecule has 0 rings (SSSR count). The van der Waals surface area contributed by atoms with Crippen LogP contribution in [0.15, 0.2) is 0 Å². The van der Waals surface area contributed by atoms with Crippen molar-refractivity contribution in [3.8, 4) is 0 Å². The fraction of sp³-hybridized carbons (Fsp3) is 1.00. The van der Waals surface area contributed by atoms with Gasteiger partial charge in [0.15, 0.2) is 0 Å². The largest absolute Gasteiger partial charge is 0.759 e. The van der Waals surface area contributed by atoms with Crippen molar-refractivity contribution in [1.82, 2.24) is 0 Å². The van der Waals surface area contributed by atoms with Crippen LogP contribution in [0.1, 0.15) is 0 Å². The molecule has 0 bridgehead atoms. The van der Waals surface area contributed by atoms with Crippen LogP contribution in [0.5, 0.6) is 0 Å². The van der Waals surface area contributed by atoms with Crippen LogP contribution >= 0.6 is 0 Å². The van der Waals surface area contributed by atoms with Crippen LogP contribution < -0.4 is 0 Å². The second-order valence-corrected chi connectivity index (χ2v) is 3.91. The van der Waals surface area contributed by atoms with Crippen molar-refractivity contribution >= 4 is 10.4 Å². The molecule has 0 amide bonds. The van der Waals surface area contributed by atoms with E-state index in [1.807, 2.05) is 0 Å². The molecule has 11 heavy (non-hydrogen) atoms. The Morgan fingerprint density at radius 1 is 1.00 bits per heavy atom. The summed E-state index contributed by atoms with van der Waals surface area (Å²) < 4.78 is 35.1. The molecule has 0 aliphatic heterocycles. The van der Waals surface area contributed by atoms with Crippen molar-refractivity contribution in [3.63, 3.8) is 0 Å². The van der Waals surface area contributed by atoms with Gasteiger partial charge in [0.05, 0.1) is 28.2 Å². The monoisotopic (exact) mass is 226 g/mol. The maximum Gasteiger partial charge on any atom is 0.0675 e. The Balaban J connectivity index is -0.000000107. The van der Waals surface area contributed by atoms with Gasteiger partial charge in [0, 0.05) is 27.5 Å². The van der Waals surface area contributed by atoms with Crippen molar-refractivity contribution in [2.75, 3.05) is 28.2 Å². The molecule has 0 atom stereocenters. The summed E-state index contributed by atoms with van der Waals surface area (Å²) in [6, 6.07) is 0. The molecule has 0 aromatic carbocycles. The zero-order chi connectivity index (χ0) is 9.00. The minimum atomic E-state index is -5.17. The molecule has 5 nitrogen and oxygen atoms in total. The number of nitrogens with zero attached hydrogens (tertiary/aromatic N) is 1. The third-order valence-corrected chi connectivity index (χ3v) is 0. The van der Waals surface area contributed by atoms with Crippen molar-refractivity contribution < 1.29 is 39.1 Å².